The van der Waals surface area contributed by atoms with Crippen molar-refractivity contribution in [3.8, 4) is 5.75 Å². The Balaban J connectivity index is 2.57. The highest BCUT2D eigenvalue weighted by molar-refractivity contribution is 5.90. The number of phenolic OH excluding ortho intramolecular Hbond substituents is 1. The minimum Gasteiger partial charge on any atom is -0.507 e. The van der Waals surface area contributed by atoms with Crippen LogP contribution in [-0.2, 0) is 30.8 Å². The number of carbonyl (C=O) groups excluding carboxylic acids is 1. The molecular formula is C38H64N2O5. The van der Waals surface area contributed by atoms with Crippen LogP contribution in [0.25, 0.3) is 0 Å². The van der Waals surface area contributed by atoms with Crippen LogP contribution in [0.3, 0.4) is 0 Å². The molecule has 0 radical (unpaired) electrons. The van der Waals surface area contributed by atoms with Gasteiger partial charge in [0.1, 0.15) is 17.8 Å². The van der Waals surface area contributed by atoms with E-state index in [4.69, 9.17) is 4.74 Å². The van der Waals surface area contributed by atoms with Crippen LogP contribution in [0.15, 0.2) is 12.1 Å². The van der Waals surface area contributed by atoms with Crippen molar-refractivity contribution in [3.05, 3.63) is 28.8 Å². The Morgan fingerprint density at radius 2 is 1.04 bits per heavy atom. The molecule has 0 aromatic heterocycles. The van der Waals surface area contributed by atoms with Gasteiger partial charge in [-0.1, -0.05) is 41.5 Å². The first-order chi connectivity index (χ1) is 20.0. The first-order valence-electron chi connectivity index (χ1n) is 16.8. The number of aliphatic carboxylic acids is 1. The van der Waals surface area contributed by atoms with Crippen LogP contribution >= 0.6 is 0 Å². The number of hydrogen-bond acceptors (Lipinski definition) is 6. The van der Waals surface area contributed by atoms with Gasteiger partial charge in [0, 0.05) is 34.0 Å². The fourth-order valence-electron chi connectivity index (χ4n) is 8.73. The number of aromatic hydroxyl groups is 1. The molecule has 2 N–H and O–H groups in total. The molecule has 256 valence electrons. The highest BCUT2D eigenvalue weighted by atomic mass is 16.6. The second kappa shape index (κ2) is 11.5. The maximum absolute atomic E-state index is 13.9. The van der Waals surface area contributed by atoms with Crippen LogP contribution in [0.4, 0.5) is 0 Å². The average molecular weight is 629 g/mol. The van der Waals surface area contributed by atoms with Crippen LogP contribution in [-0.4, -0.2) is 68.2 Å². The van der Waals surface area contributed by atoms with Gasteiger partial charge < -0.3 is 14.9 Å². The summed E-state index contributed by atoms with van der Waals surface area (Å²) >= 11 is 0. The van der Waals surface area contributed by atoms with Gasteiger partial charge in [-0.2, -0.15) is 0 Å². The first-order valence-corrected chi connectivity index (χ1v) is 16.8. The lowest BCUT2D eigenvalue weighted by Crippen LogP contribution is -2.66. The molecule has 7 nitrogen and oxygen atoms in total. The molecule has 0 bridgehead atoms. The normalized spacial score (nSPS) is 23.1. The number of carbonyl (C=O) groups is 2. The lowest BCUT2D eigenvalue weighted by molar-refractivity contribution is -0.208. The van der Waals surface area contributed by atoms with Crippen molar-refractivity contribution in [1.82, 2.24) is 9.80 Å². The van der Waals surface area contributed by atoms with Gasteiger partial charge in [-0.25, -0.2) is 0 Å². The summed E-state index contributed by atoms with van der Waals surface area (Å²) in [6.07, 6.45) is 2.35. The Labute approximate surface area is 274 Å². The summed E-state index contributed by atoms with van der Waals surface area (Å²) < 4.78 is 6.89. The molecule has 0 aliphatic carbocycles. The van der Waals surface area contributed by atoms with Gasteiger partial charge in [-0.05, 0) is 135 Å². The largest absolute Gasteiger partial charge is 0.507 e. The number of carboxylic acid groups (broad SMARTS) is 1. The van der Waals surface area contributed by atoms with E-state index in [-0.39, 0.29) is 39.7 Å². The molecule has 1 aromatic rings. The third-order valence-electron chi connectivity index (χ3n) is 11.6. The predicted molar refractivity (Wildman–Crippen MR) is 183 cm³/mol. The summed E-state index contributed by atoms with van der Waals surface area (Å²) in [5.41, 5.74) is -0.311. The summed E-state index contributed by atoms with van der Waals surface area (Å²) in [6, 6.07) is 4.16. The SMILES string of the molecule is CN1C(C)(C)CC(C(OC(=O)CC(=O)O)(c2cc(C(C)(C)C)c(O)c(C(C)(C)C)c2)C2CC(C)(C)N(C)C(C)(C)C2)CC1(C)C. The molecule has 7 heteroatoms. The smallest absolute Gasteiger partial charge is 0.318 e. The molecule has 1 aromatic carbocycles. The zero-order chi connectivity index (χ0) is 34.9. The van der Waals surface area contributed by atoms with Crippen molar-refractivity contribution in [2.24, 2.45) is 11.8 Å². The molecule has 2 saturated heterocycles. The number of benzene rings is 1. The molecule has 3 rings (SSSR count). The van der Waals surface area contributed by atoms with Gasteiger partial charge in [0.25, 0.3) is 0 Å². The fourth-order valence-corrected chi connectivity index (χ4v) is 8.73. The highest BCUT2D eigenvalue weighted by Crippen LogP contribution is 2.59. The number of phenols is 1. The maximum Gasteiger partial charge on any atom is 0.318 e. The molecular weight excluding hydrogens is 564 g/mol. The summed E-state index contributed by atoms with van der Waals surface area (Å²) in [6.45, 7) is 30.6. The second-order valence-electron chi connectivity index (χ2n) is 18.8. The number of nitrogens with zero attached hydrogens (tertiary/aromatic N) is 2. The second-order valence-corrected chi connectivity index (χ2v) is 18.8. The van der Waals surface area contributed by atoms with Crippen molar-refractivity contribution >= 4 is 11.9 Å². The highest BCUT2D eigenvalue weighted by Gasteiger charge is 2.60. The first kappa shape index (κ1) is 37.3. The van der Waals surface area contributed by atoms with Crippen LogP contribution < -0.4 is 0 Å². The summed E-state index contributed by atoms with van der Waals surface area (Å²) in [4.78, 5) is 30.7. The van der Waals surface area contributed by atoms with E-state index in [0.29, 0.717) is 0 Å². The predicted octanol–water partition coefficient (Wildman–Crippen LogP) is 8.00. The number of esters is 1. The number of likely N-dealkylation sites (tertiary alicyclic amines) is 2. The van der Waals surface area contributed by atoms with Crippen LogP contribution in [0.1, 0.15) is 146 Å². The summed E-state index contributed by atoms with van der Waals surface area (Å²) in [7, 11) is 4.35. The van der Waals surface area contributed by atoms with Gasteiger partial charge in [0.2, 0.25) is 0 Å². The van der Waals surface area contributed by atoms with Crippen LogP contribution in [0.2, 0.25) is 0 Å². The van der Waals surface area contributed by atoms with Gasteiger partial charge in [-0.15, -0.1) is 0 Å². The Bertz CT molecular complexity index is 1180. The standard InChI is InChI=1S/C38H64N2O5/c1-32(2,3)27-17-24(18-28(31(27)44)33(4,5)6)38(45-30(43)19-29(41)42,25-20-34(7,8)39(15)35(9,10)21-25)26-22-36(11,12)40(16)37(13,14)23-26/h17-18,25-26,44H,19-23H2,1-16H3,(H,41,42). The van der Waals surface area contributed by atoms with E-state index in [1.165, 1.54) is 0 Å². The van der Waals surface area contributed by atoms with E-state index in [9.17, 15) is 19.8 Å². The molecule has 0 amide bonds. The zero-order valence-corrected chi connectivity index (χ0v) is 31.4. The topological polar surface area (TPSA) is 90.3 Å². The van der Waals surface area contributed by atoms with Crippen molar-refractivity contribution in [3.63, 3.8) is 0 Å². The van der Waals surface area contributed by atoms with Gasteiger partial charge in [0.05, 0.1) is 0 Å². The van der Waals surface area contributed by atoms with Crippen molar-refractivity contribution in [2.75, 3.05) is 14.1 Å². The molecule has 0 spiro atoms. The van der Waals surface area contributed by atoms with Gasteiger partial charge >= 0.3 is 11.9 Å². The number of rotatable bonds is 6. The van der Waals surface area contributed by atoms with Crippen LogP contribution in [0.5, 0.6) is 5.75 Å². The van der Waals surface area contributed by atoms with E-state index in [0.717, 1.165) is 42.4 Å². The molecule has 45 heavy (non-hydrogen) atoms. The molecule has 2 heterocycles. The summed E-state index contributed by atoms with van der Waals surface area (Å²) in [5.74, 6) is -1.85. The quantitative estimate of drug-likeness (QED) is 0.244. The zero-order valence-electron chi connectivity index (χ0n) is 31.4. The number of hydrogen-bond donors (Lipinski definition) is 2. The third kappa shape index (κ3) is 7.10. The molecule has 0 unspecified atom stereocenters. The van der Waals surface area contributed by atoms with Gasteiger partial charge in [-0.3, -0.25) is 19.4 Å². The number of carboxylic acids is 1. The van der Waals surface area contributed by atoms with Crippen LogP contribution in [0, 0.1) is 11.8 Å². The van der Waals surface area contributed by atoms with E-state index in [2.05, 4.69) is 133 Å². The average Bonchev–Trinajstić information content (AvgIpc) is 2.81. The monoisotopic (exact) mass is 628 g/mol. The van der Waals surface area contributed by atoms with Gasteiger partial charge in [0.15, 0.2) is 0 Å². The minimum absolute atomic E-state index is 0.110. The molecule has 2 aliphatic rings. The lowest BCUT2D eigenvalue weighted by Gasteiger charge is -2.62. The van der Waals surface area contributed by atoms with E-state index in [1.54, 1.807) is 0 Å². The Hall–Kier alpha value is -2.12. The van der Waals surface area contributed by atoms with E-state index >= 15 is 0 Å². The summed E-state index contributed by atoms with van der Waals surface area (Å²) in [5, 5.41) is 21.5. The molecule has 0 atom stereocenters. The number of piperidine rings is 2. The fraction of sp³-hybridized carbons (Fsp3) is 0.789. The maximum atomic E-state index is 13.9. The Kier molecular flexibility index (Phi) is 9.57. The molecule has 2 fully saturated rings. The number of ether oxygens (including phenoxy) is 1. The van der Waals surface area contributed by atoms with E-state index < -0.39 is 34.8 Å². The third-order valence-corrected chi connectivity index (χ3v) is 11.6. The van der Waals surface area contributed by atoms with Crippen molar-refractivity contribution in [1.29, 1.82) is 0 Å². The Morgan fingerprint density at radius 3 is 1.31 bits per heavy atom. The lowest BCUT2D eigenvalue weighted by atomic mass is 9.56. The Morgan fingerprint density at radius 1 is 0.733 bits per heavy atom. The molecule has 2 aliphatic heterocycles. The molecule has 0 saturated carbocycles. The van der Waals surface area contributed by atoms with Crippen molar-refractivity contribution < 1.29 is 24.5 Å². The van der Waals surface area contributed by atoms with Crippen molar-refractivity contribution in [2.45, 2.75) is 168 Å². The van der Waals surface area contributed by atoms with E-state index in [1.807, 2.05) is 0 Å². The minimum atomic E-state index is -1.20.